The molecule has 0 aliphatic carbocycles. The quantitative estimate of drug-likeness (QED) is 0.834. The summed E-state index contributed by atoms with van der Waals surface area (Å²) >= 11 is 0. The van der Waals surface area contributed by atoms with Gasteiger partial charge in [0.15, 0.2) is 11.5 Å². The summed E-state index contributed by atoms with van der Waals surface area (Å²) < 4.78 is 39.0. The van der Waals surface area contributed by atoms with E-state index in [1.165, 1.54) is 19.2 Å². The lowest BCUT2D eigenvalue weighted by Gasteiger charge is -2.08. The molecule has 1 aliphatic heterocycles. The van der Waals surface area contributed by atoms with Crippen LogP contribution in [0.3, 0.4) is 0 Å². The van der Waals surface area contributed by atoms with E-state index in [0.29, 0.717) is 12.1 Å². The van der Waals surface area contributed by atoms with Crippen LogP contribution >= 0.6 is 0 Å². The first kappa shape index (κ1) is 12.6. The average Bonchev–Trinajstić information content (AvgIpc) is 2.60. The maximum absolute atomic E-state index is 12.9. The zero-order valence-electron chi connectivity index (χ0n) is 9.75. The number of rotatable bonds is 3. The molecule has 18 heavy (non-hydrogen) atoms. The summed E-state index contributed by atoms with van der Waals surface area (Å²) in [5.74, 6) is -0.903. The van der Waals surface area contributed by atoms with E-state index in [-0.39, 0.29) is 17.1 Å². The Morgan fingerprint density at radius 2 is 2.00 bits per heavy atom. The third kappa shape index (κ3) is 2.21. The van der Waals surface area contributed by atoms with Crippen LogP contribution in [-0.4, -0.2) is 26.4 Å². The van der Waals surface area contributed by atoms with Gasteiger partial charge in [-0.3, -0.25) is 0 Å². The molecule has 0 bridgehead atoms. The summed E-state index contributed by atoms with van der Waals surface area (Å²) in [6, 6.07) is 2.52. The molecule has 5 nitrogen and oxygen atoms in total. The molecule has 0 radical (unpaired) electrons. The maximum Gasteiger partial charge on any atom is 0.586 e. The van der Waals surface area contributed by atoms with Crippen molar-refractivity contribution in [3.05, 3.63) is 23.3 Å². The second-order valence-electron chi connectivity index (χ2n) is 3.65. The SMILES string of the molecule is CNCc1cc2c(cc1C(=O)OC)OC(F)(F)O2. The van der Waals surface area contributed by atoms with E-state index in [1.807, 2.05) is 0 Å². The highest BCUT2D eigenvalue weighted by Gasteiger charge is 2.44. The Morgan fingerprint density at radius 3 is 2.56 bits per heavy atom. The summed E-state index contributed by atoms with van der Waals surface area (Å²) in [4.78, 5) is 11.5. The largest absolute Gasteiger partial charge is 0.586 e. The number of fused-ring (bicyclic) bond motifs is 1. The van der Waals surface area contributed by atoms with Gasteiger partial charge >= 0.3 is 12.3 Å². The molecule has 98 valence electrons. The molecule has 1 N–H and O–H groups in total. The van der Waals surface area contributed by atoms with Crippen molar-refractivity contribution in [3.8, 4) is 11.5 Å². The van der Waals surface area contributed by atoms with Crippen LogP contribution in [0.4, 0.5) is 8.78 Å². The predicted molar refractivity (Wildman–Crippen MR) is 56.7 cm³/mol. The van der Waals surface area contributed by atoms with Crippen LogP contribution in [-0.2, 0) is 11.3 Å². The van der Waals surface area contributed by atoms with Crippen LogP contribution in [0.15, 0.2) is 12.1 Å². The minimum atomic E-state index is -3.70. The number of methoxy groups -OCH3 is 1. The van der Waals surface area contributed by atoms with Crippen molar-refractivity contribution in [2.75, 3.05) is 14.2 Å². The Balaban J connectivity index is 2.45. The molecule has 1 aromatic carbocycles. The lowest BCUT2D eigenvalue weighted by molar-refractivity contribution is -0.286. The molecule has 0 unspecified atom stereocenters. The highest BCUT2D eigenvalue weighted by atomic mass is 19.3. The summed E-state index contributed by atoms with van der Waals surface area (Å²) in [7, 11) is 2.88. The summed E-state index contributed by atoms with van der Waals surface area (Å²) in [6.07, 6.45) is -3.70. The first-order valence-electron chi connectivity index (χ1n) is 5.12. The van der Waals surface area contributed by atoms with Crippen molar-refractivity contribution in [1.29, 1.82) is 0 Å². The third-order valence-electron chi connectivity index (χ3n) is 2.40. The molecule has 0 spiro atoms. The van der Waals surface area contributed by atoms with Gasteiger partial charge in [0.25, 0.3) is 0 Å². The second kappa shape index (κ2) is 4.41. The van der Waals surface area contributed by atoms with Gasteiger partial charge in [-0.2, -0.15) is 0 Å². The van der Waals surface area contributed by atoms with Gasteiger partial charge in [0.2, 0.25) is 0 Å². The standard InChI is InChI=1S/C11H11F2NO4/c1-14-5-6-3-8-9(18-11(12,13)17-8)4-7(6)10(15)16-2/h3-4,14H,5H2,1-2H3. The molecule has 7 heteroatoms. The number of nitrogens with one attached hydrogen (secondary N) is 1. The van der Waals surface area contributed by atoms with Crippen molar-refractivity contribution < 1.29 is 27.8 Å². The normalized spacial score (nSPS) is 15.6. The molecule has 1 aromatic rings. The van der Waals surface area contributed by atoms with Gasteiger partial charge in [-0.05, 0) is 24.7 Å². The molecule has 0 amide bonds. The van der Waals surface area contributed by atoms with E-state index < -0.39 is 12.3 Å². The van der Waals surface area contributed by atoms with Crippen molar-refractivity contribution in [2.45, 2.75) is 12.8 Å². The van der Waals surface area contributed by atoms with Crippen molar-refractivity contribution in [2.24, 2.45) is 0 Å². The fourth-order valence-electron chi connectivity index (χ4n) is 1.68. The van der Waals surface area contributed by atoms with Gasteiger partial charge in [-0.15, -0.1) is 8.78 Å². The lowest BCUT2D eigenvalue weighted by atomic mass is 10.1. The minimum absolute atomic E-state index is 0.0992. The molecular weight excluding hydrogens is 248 g/mol. The van der Waals surface area contributed by atoms with Crippen LogP contribution in [0.25, 0.3) is 0 Å². The Labute approximate surface area is 102 Å². The fourth-order valence-corrected chi connectivity index (χ4v) is 1.68. The number of halogens is 2. The van der Waals surface area contributed by atoms with Crippen molar-refractivity contribution in [3.63, 3.8) is 0 Å². The van der Waals surface area contributed by atoms with E-state index in [0.717, 1.165) is 0 Å². The number of alkyl halides is 2. The van der Waals surface area contributed by atoms with Gasteiger partial charge in [0.1, 0.15) is 0 Å². The molecule has 1 heterocycles. The van der Waals surface area contributed by atoms with E-state index in [4.69, 9.17) is 0 Å². The number of esters is 1. The molecular formula is C11H11F2NO4. The van der Waals surface area contributed by atoms with Gasteiger partial charge in [0, 0.05) is 6.54 Å². The van der Waals surface area contributed by atoms with Crippen molar-refractivity contribution >= 4 is 5.97 Å². The number of hydrogen-bond acceptors (Lipinski definition) is 5. The molecule has 1 aliphatic rings. The molecule has 0 saturated heterocycles. The molecule has 0 atom stereocenters. The van der Waals surface area contributed by atoms with E-state index in [9.17, 15) is 13.6 Å². The third-order valence-corrected chi connectivity index (χ3v) is 2.40. The smallest absolute Gasteiger partial charge is 0.465 e. The molecule has 0 fully saturated rings. The second-order valence-corrected chi connectivity index (χ2v) is 3.65. The van der Waals surface area contributed by atoms with Gasteiger partial charge in [-0.25, -0.2) is 4.79 Å². The number of benzene rings is 1. The lowest BCUT2D eigenvalue weighted by Crippen LogP contribution is -2.25. The Hall–Kier alpha value is -1.89. The average molecular weight is 259 g/mol. The number of carbonyl (C=O) groups is 1. The first-order valence-corrected chi connectivity index (χ1v) is 5.12. The summed E-state index contributed by atoms with van der Waals surface area (Å²) in [6.45, 7) is 0.312. The molecule has 2 rings (SSSR count). The maximum atomic E-state index is 12.9. The summed E-state index contributed by atoms with van der Waals surface area (Å²) in [5, 5.41) is 2.82. The monoisotopic (exact) mass is 259 g/mol. The zero-order valence-corrected chi connectivity index (χ0v) is 9.75. The molecule has 0 aromatic heterocycles. The molecule has 0 saturated carbocycles. The number of carbonyl (C=O) groups excluding carboxylic acids is 1. The Bertz CT molecular complexity index is 490. The van der Waals surface area contributed by atoms with Gasteiger partial charge in [0.05, 0.1) is 12.7 Å². The first-order chi connectivity index (χ1) is 8.46. The van der Waals surface area contributed by atoms with Crippen LogP contribution in [0.2, 0.25) is 0 Å². The predicted octanol–water partition coefficient (Wildman–Crippen LogP) is 1.51. The fraction of sp³-hybridized carbons (Fsp3) is 0.364. The van der Waals surface area contributed by atoms with Crippen molar-refractivity contribution in [1.82, 2.24) is 5.32 Å². The number of hydrogen-bond donors (Lipinski definition) is 1. The Kier molecular flexibility index (Phi) is 3.08. The summed E-state index contributed by atoms with van der Waals surface area (Å²) in [5.41, 5.74) is 0.649. The van der Waals surface area contributed by atoms with Gasteiger partial charge in [-0.1, -0.05) is 0 Å². The Morgan fingerprint density at radius 1 is 1.39 bits per heavy atom. The minimum Gasteiger partial charge on any atom is -0.465 e. The van der Waals surface area contributed by atoms with Crippen LogP contribution in [0.5, 0.6) is 11.5 Å². The van der Waals surface area contributed by atoms with E-state index in [2.05, 4.69) is 19.5 Å². The van der Waals surface area contributed by atoms with Crippen LogP contribution in [0.1, 0.15) is 15.9 Å². The highest BCUT2D eigenvalue weighted by molar-refractivity contribution is 5.92. The van der Waals surface area contributed by atoms with Crippen LogP contribution < -0.4 is 14.8 Å². The topological polar surface area (TPSA) is 56.8 Å². The highest BCUT2D eigenvalue weighted by Crippen LogP contribution is 2.42. The van der Waals surface area contributed by atoms with E-state index >= 15 is 0 Å². The van der Waals surface area contributed by atoms with E-state index in [1.54, 1.807) is 7.05 Å². The van der Waals surface area contributed by atoms with Crippen LogP contribution in [0, 0.1) is 0 Å². The number of ether oxygens (including phenoxy) is 3. The zero-order chi connectivity index (χ0) is 13.3. The van der Waals surface area contributed by atoms with Gasteiger partial charge < -0.3 is 19.5 Å².